The maximum Gasteiger partial charge on any atom is 0.252 e. The molecule has 0 radical (unpaired) electrons. The molecule has 2 amide bonds. The summed E-state index contributed by atoms with van der Waals surface area (Å²) in [6.07, 6.45) is 0. The maximum atomic E-state index is 13.0. The van der Waals surface area contributed by atoms with Crippen molar-refractivity contribution in [3.63, 3.8) is 0 Å². The Hall–Kier alpha value is -3.93. The van der Waals surface area contributed by atoms with Crippen molar-refractivity contribution in [2.45, 2.75) is 13.0 Å². The van der Waals surface area contributed by atoms with Crippen LogP contribution in [0, 0.1) is 6.92 Å². The van der Waals surface area contributed by atoms with Crippen molar-refractivity contribution in [3.05, 3.63) is 95.9 Å². The second-order valence-corrected chi connectivity index (χ2v) is 6.59. The van der Waals surface area contributed by atoms with Crippen LogP contribution in [-0.4, -0.2) is 16.8 Å². The fourth-order valence-electron chi connectivity index (χ4n) is 3.08. The van der Waals surface area contributed by atoms with Gasteiger partial charge in [0, 0.05) is 24.2 Å². The van der Waals surface area contributed by atoms with Gasteiger partial charge in [-0.1, -0.05) is 48.5 Å². The molecule has 0 fully saturated rings. The Kier molecular flexibility index (Phi) is 5.07. The predicted octanol–water partition coefficient (Wildman–Crippen LogP) is 4.25. The van der Waals surface area contributed by atoms with Gasteiger partial charge in [-0.15, -0.1) is 0 Å². The van der Waals surface area contributed by atoms with Gasteiger partial charge in [-0.25, -0.2) is 4.98 Å². The monoisotopic (exact) mass is 385 g/mol. The van der Waals surface area contributed by atoms with Crippen LogP contribution >= 0.6 is 0 Å². The Balaban J connectivity index is 1.59. The van der Waals surface area contributed by atoms with E-state index in [1.165, 1.54) is 0 Å². The van der Waals surface area contributed by atoms with Gasteiger partial charge in [-0.2, -0.15) is 0 Å². The van der Waals surface area contributed by atoms with Crippen molar-refractivity contribution in [3.8, 4) is 0 Å². The number of hydrogen-bond donors (Lipinski definition) is 2. The Morgan fingerprint density at radius 2 is 1.62 bits per heavy atom. The highest BCUT2D eigenvalue weighted by Crippen LogP contribution is 2.22. The maximum absolute atomic E-state index is 13.0. The lowest BCUT2D eigenvalue weighted by molar-refractivity contribution is -0.118. The van der Waals surface area contributed by atoms with E-state index in [1.54, 1.807) is 61.5 Å². The van der Waals surface area contributed by atoms with Crippen LogP contribution < -0.4 is 10.6 Å². The third-order valence-corrected chi connectivity index (χ3v) is 4.47. The van der Waals surface area contributed by atoms with E-state index in [4.69, 9.17) is 4.42 Å². The van der Waals surface area contributed by atoms with E-state index in [0.717, 1.165) is 5.52 Å². The molecule has 0 aliphatic carbocycles. The molecule has 0 bridgehead atoms. The van der Waals surface area contributed by atoms with Gasteiger partial charge in [-0.05, 0) is 29.8 Å². The Morgan fingerprint density at radius 1 is 0.931 bits per heavy atom. The SMILES string of the molecule is Cc1nc2ccc(NC(=O)C(NC(=O)c3ccccc3)c3ccccc3)cc2o1. The van der Waals surface area contributed by atoms with Crippen LogP contribution in [0.4, 0.5) is 5.69 Å². The standard InChI is InChI=1S/C23H19N3O3/c1-15-24-19-13-12-18(14-20(19)29-15)25-23(28)21(16-8-4-2-5-9-16)26-22(27)17-10-6-3-7-11-17/h2-14,21H,1H3,(H,25,28)(H,26,27). The molecule has 0 spiro atoms. The molecule has 29 heavy (non-hydrogen) atoms. The zero-order chi connectivity index (χ0) is 20.2. The number of aromatic nitrogens is 1. The van der Waals surface area contributed by atoms with Crippen LogP contribution in [0.5, 0.6) is 0 Å². The molecule has 4 rings (SSSR count). The molecule has 4 aromatic rings. The average Bonchev–Trinajstić information content (AvgIpc) is 3.12. The molecule has 1 heterocycles. The molecule has 6 nitrogen and oxygen atoms in total. The summed E-state index contributed by atoms with van der Waals surface area (Å²) >= 11 is 0. The Bertz CT molecular complexity index is 1150. The summed E-state index contributed by atoms with van der Waals surface area (Å²) in [4.78, 5) is 30.0. The predicted molar refractivity (Wildman–Crippen MR) is 110 cm³/mol. The van der Waals surface area contributed by atoms with E-state index < -0.39 is 6.04 Å². The summed E-state index contributed by atoms with van der Waals surface area (Å²) in [6.45, 7) is 1.77. The van der Waals surface area contributed by atoms with Crippen LogP contribution in [-0.2, 0) is 4.79 Å². The first-order valence-electron chi connectivity index (χ1n) is 9.19. The van der Waals surface area contributed by atoms with Gasteiger partial charge in [0.15, 0.2) is 11.5 Å². The number of nitrogens with one attached hydrogen (secondary N) is 2. The zero-order valence-electron chi connectivity index (χ0n) is 15.8. The van der Waals surface area contributed by atoms with Gasteiger partial charge in [0.25, 0.3) is 11.8 Å². The normalized spacial score (nSPS) is 11.8. The highest BCUT2D eigenvalue weighted by molar-refractivity contribution is 6.02. The number of hydrogen-bond acceptors (Lipinski definition) is 4. The minimum Gasteiger partial charge on any atom is -0.441 e. The van der Waals surface area contributed by atoms with Crippen molar-refractivity contribution in [2.24, 2.45) is 0 Å². The minimum absolute atomic E-state index is 0.323. The molecule has 0 aliphatic heterocycles. The molecule has 2 N–H and O–H groups in total. The van der Waals surface area contributed by atoms with Gasteiger partial charge >= 0.3 is 0 Å². The van der Waals surface area contributed by atoms with Gasteiger partial charge in [0.1, 0.15) is 11.6 Å². The number of benzene rings is 3. The molecule has 1 atom stereocenters. The zero-order valence-corrected chi connectivity index (χ0v) is 15.8. The van der Waals surface area contributed by atoms with Crippen LogP contribution in [0.2, 0.25) is 0 Å². The molecular weight excluding hydrogens is 366 g/mol. The fraction of sp³-hybridized carbons (Fsp3) is 0.0870. The van der Waals surface area contributed by atoms with Gasteiger partial charge < -0.3 is 15.1 Å². The number of amides is 2. The van der Waals surface area contributed by atoms with Crippen LogP contribution in [0.25, 0.3) is 11.1 Å². The second kappa shape index (κ2) is 7.98. The van der Waals surface area contributed by atoms with Crippen molar-refractivity contribution in [1.29, 1.82) is 0 Å². The van der Waals surface area contributed by atoms with E-state index in [0.29, 0.717) is 28.3 Å². The molecule has 3 aromatic carbocycles. The largest absolute Gasteiger partial charge is 0.441 e. The molecule has 1 aromatic heterocycles. The minimum atomic E-state index is -0.851. The first kappa shape index (κ1) is 18.4. The lowest BCUT2D eigenvalue weighted by atomic mass is 10.1. The van der Waals surface area contributed by atoms with Gasteiger partial charge in [-0.3, -0.25) is 9.59 Å². The van der Waals surface area contributed by atoms with E-state index in [-0.39, 0.29) is 11.8 Å². The summed E-state index contributed by atoms with van der Waals surface area (Å²) in [6, 6.07) is 22.3. The van der Waals surface area contributed by atoms with Gasteiger partial charge in [0.05, 0.1) is 0 Å². The molecular formula is C23H19N3O3. The van der Waals surface area contributed by atoms with Crippen molar-refractivity contribution < 1.29 is 14.0 Å². The quantitative estimate of drug-likeness (QED) is 0.538. The molecule has 0 aliphatic rings. The molecule has 6 heteroatoms. The number of anilines is 1. The average molecular weight is 385 g/mol. The molecule has 0 saturated carbocycles. The van der Waals surface area contributed by atoms with Crippen LogP contribution in [0.1, 0.15) is 27.9 Å². The third-order valence-electron chi connectivity index (χ3n) is 4.47. The van der Waals surface area contributed by atoms with Crippen LogP contribution in [0.3, 0.4) is 0 Å². The third kappa shape index (κ3) is 4.16. The van der Waals surface area contributed by atoms with E-state index in [1.807, 2.05) is 24.3 Å². The van der Waals surface area contributed by atoms with Crippen molar-refractivity contribution in [1.82, 2.24) is 10.3 Å². The number of fused-ring (bicyclic) bond motifs is 1. The van der Waals surface area contributed by atoms with E-state index >= 15 is 0 Å². The summed E-state index contributed by atoms with van der Waals surface area (Å²) in [7, 11) is 0. The lowest BCUT2D eigenvalue weighted by Crippen LogP contribution is -2.37. The number of aryl methyl sites for hydroxylation is 1. The first-order chi connectivity index (χ1) is 14.1. The van der Waals surface area contributed by atoms with E-state index in [2.05, 4.69) is 15.6 Å². The number of nitrogens with zero attached hydrogens (tertiary/aromatic N) is 1. The number of rotatable bonds is 5. The number of carbonyl (C=O) groups is 2. The van der Waals surface area contributed by atoms with E-state index in [9.17, 15) is 9.59 Å². The fourth-order valence-corrected chi connectivity index (χ4v) is 3.08. The number of carbonyl (C=O) groups excluding carboxylic acids is 2. The number of oxazole rings is 1. The first-order valence-corrected chi connectivity index (χ1v) is 9.19. The van der Waals surface area contributed by atoms with Gasteiger partial charge in [0.2, 0.25) is 0 Å². The Labute approximate surface area is 167 Å². The molecule has 144 valence electrons. The Morgan fingerprint density at radius 3 is 2.34 bits per heavy atom. The highest BCUT2D eigenvalue weighted by Gasteiger charge is 2.23. The second-order valence-electron chi connectivity index (χ2n) is 6.59. The lowest BCUT2D eigenvalue weighted by Gasteiger charge is -2.19. The van der Waals surface area contributed by atoms with Crippen LogP contribution in [0.15, 0.2) is 83.3 Å². The summed E-state index contributed by atoms with van der Waals surface area (Å²) < 4.78 is 5.53. The molecule has 1 unspecified atom stereocenters. The summed E-state index contributed by atoms with van der Waals surface area (Å²) in [5, 5.41) is 5.68. The van der Waals surface area contributed by atoms with Crippen molar-refractivity contribution >= 4 is 28.6 Å². The summed E-state index contributed by atoms with van der Waals surface area (Å²) in [5.41, 5.74) is 3.04. The topological polar surface area (TPSA) is 84.2 Å². The smallest absolute Gasteiger partial charge is 0.252 e. The highest BCUT2D eigenvalue weighted by atomic mass is 16.3. The summed E-state index contributed by atoms with van der Waals surface area (Å²) in [5.74, 6) is -0.118. The molecule has 0 saturated heterocycles. The van der Waals surface area contributed by atoms with Crippen molar-refractivity contribution in [2.75, 3.05) is 5.32 Å².